The van der Waals surface area contributed by atoms with Gasteiger partial charge in [-0.05, 0) is 34.6 Å². The molecule has 0 atom stereocenters. The summed E-state index contributed by atoms with van der Waals surface area (Å²) in [6.07, 6.45) is 0. The molecule has 0 saturated heterocycles. The average Bonchev–Trinajstić information content (AvgIpc) is 1.80. The van der Waals surface area contributed by atoms with Crippen LogP contribution in [0.2, 0.25) is 0 Å². The van der Waals surface area contributed by atoms with Gasteiger partial charge in [-0.3, -0.25) is 4.79 Å². The molecule has 0 fully saturated rings. The average molecular weight is 173 g/mol. The normalized spacial score (nSPS) is 11.8. The fourth-order valence-electron chi connectivity index (χ4n) is 0.646. The zero-order valence-electron chi connectivity index (χ0n) is 8.60. The second-order valence-electron chi connectivity index (χ2n) is 4.12. The Balaban J connectivity index is 3.58. The van der Waals surface area contributed by atoms with Crippen molar-refractivity contribution in [1.82, 2.24) is 5.32 Å². The van der Waals surface area contributed by atoms with E-state index < -0.39 is 0 Å². The molecule has 72 valence electrons. The number of nitrogens with one attached hydrogen (secondary N) is 1. The van der Waals surface area contributed by atoms with Gasteiger partial charge in [-0.1, -0.05) is 0 Å². The maximum absolute atomic E-state index is 11.1. The van der Waals surface area contributed by atoms with E-state index in [-0.39, 0.29) is 24.2 Å². The highest BCUT2D eigenvalue weighted by Crippen LogP contribution is 2.05. The van der Waals surface area contributed by atoms with E-state index >= 15 is 0 Å². The highest BCUT2D eigenvalue weighted by atomic mass is 16.5. The monoisotopic (exact) mass is 173 g/mol. The van der Waals surface area contributed by atoms with Crippen molar-refractivity contribution in [1.29, 1.82) is 0 Å². The lowest BCUT2D eigenvalue weighted by molar-refractivity contribution is -0.131. The Morgan fingerprint density at radius 2 is 1.92 bits per heavy atom. The standard InChI is InChI=1S/C9H19NO2/c1-7(2)10-8(11)6-12-9(3,4)5/h7H,6H2,1-5H3,(H,10,11). The Labute approximate surface area is 74.5 Å². The topological polar surface area (TPSA) is 38.3 Å². The third kappa shape index (κ3) is 7.54. The molecule has 0 rings (SSSR count). The van der Waals surface area contributed by atoms with Gasteiger partial charge in [0.2, 0.25) is 5.91 Å². The van der Waals surface area contributed by atoms with E-state index in [1.807, 2.05) is 34.6 Å². The van der Waals surface area contributed by atoms with E-state index in [1.165, 1.54) is 0 Å². The molecule has 12 heavy (non-hydrogen) atoms. The molecule has 1 amide bonds. The molecule has 0 aromatic carbocycles. The van der Waals surface area contributed by atoms with Gasteiger partial charge in [-0.2, -0.15) is 0 Å². The molecule has 0 spiro atoms. The molecule has 3 heteroatoms. The highest BCUT2D eigenvalue weighted by molar-refractivity contribution is 5.77. The molecule has 0 radical (unpaired) electrons. The summed E-state index contributed by atoms with van der Waals surface area (Å²) in [5.74, 6) is -0.0556. The van der Waals surface area contributed by atoms with Crippen molar-refractivity contribution >= 4 is 5.91 Å². The maximum atomic E-state index is 11.1. The van der Waals surface area contributed by atoms with Crippen LogP contribution < -0.4 is 5.32 Å². The number of ether oxygens (including phenoxy) is 1. The zero-order chi connectivity index (χ0) is 9.78. The Hall–Kier alpha value is -0.570. The lowest BCUT2D eigenvalue weighted by Gasteiger charge is -2.19. The fourth-order valence-corrected chi connectivity index (χ4v) is 0.646. The third-order valence-electron chi connectivity index (χ3n) is 1.09. The number of hydrogen-bond donors (Lipinski definition) is 1. The Morgan fingerprint density at radius 3 is 2.25 bits per heavy atom. The van der Waals surface area contributed by atoms with Gasteiger partial charge in [-0.15, -0.1) is 0 Å². The van der Waals surface area contributed by atoms with Gasteiger partial charge in [0.15, 0.2) is 0 Å². The molecule has 3 nitrogen and oxygen atoms in total. The fraction of sp³-hybridized carbons (Fsp3) is 0.889. The molecule has 0 aromatic heterocycles. The first kappa shape index (κ1) is 11.4. The molecule has 0 unspecified atom stereocenters. The number of amides is 1. The van der Waals surface area contributed by atoms with Crippen LogP contribution >= 0.6 is 0 Å². The zero-order valence-corrected chi connectivity index (χ0v) is 8.60. The minimum atomic E-state index is -0.242. The number of rotatable bonds is 3. The van der Waals surface area contributed by atoms with Crippen LogP contribution in [0.5, 0.6) is 0 Å². The number of carbonyl (C=O) groups excluding carboxylic acids is 1. The van der Waals surface area contributed by atoms with Crippen LogP contribution in [0.1, 0.15) is 34.6 Å². The van der Waals surface area contributed by atoms with E-state index in [9.17, 15) is 4.79 Å². The summed E-state index contributed by atoms with van der Waals surface area (Å²) in [6.45, 7) is 9.77. The van der Waals surface area contributed by atoms with Crippen LogP contribution in [-0.4, -0.2) is 24.2 Å². The molecular weight excluding hydrogens is 154 g/mol. The van der Waals surface area contributed by atoms with Crippen molar-refractivity contribution in [2.75, 3.05) is 6.61 Å². The number of hydrogen-bond acceptors (Lipinski definition) is 2. The van der Waals surface area contributed by atoms with Gasteiger partial charge in [0.25, 0.3) is 0 Å². The Bertz CT molecular complexity index is 147. The van der Waals surface area contributed by atoms with E-state index in [2.05, 4.69) is 5.32 Å². The minimum absolute atomic E-state index is 0.0556. The van der Waals surface area contributed by atoms with Crippen molar-refractivity contribution in [2.45, 2.75) is 46.3 Å². The van der Waals surface area contributed by atoms with Gasteiger partial charge >= 0.3 is 0 Å². The van der Waals surface area contributed by atoms with Gasteiger partial charge in [-0.25, -0.2) is 0 Å². The molecule has 0 aliphatic rings. The Kier molecular flexibility index (Phi) is 4.24. The SMILES string of the molecule is CC(C)NC(=O)COC(C)(C)C. The van der Waals surface area contributed by atoms with E-state index in [0.29, 0.717) is 0 Å². The van der Waals surface area contributed by atoms with E-state index in [0.717, 1.165) is 0 Å². The van der Waals surface area contributed by atoms with E-state index in [1.54, 1.807) is 0 Å². The molecule has 1 N–H and O–H groups in total. The second-order valence-corrected chi connectivity index (χ2v) is 4.12. The molecular formula is C9H19NO2. The van der Waals surface area contributed by atoms with Gasteiger partial charge in [0, 0.05) is 6.04 Å². The van der Waals surface area contributed by atoms with Crippen LogP contribution in [0.3, 0.4) is 0 Å². The first-order valence-corrected chi connectivity index (χ1v) is 4.24. The summed E-state index contributed by atoms with van der Waals surface area (Å²) >= 11 is 0. The van der Waals surface area contributed by atoms with Gasteiger partial charge in [0.05, 0.1) is 5.60 Å². The quantitative estimate of drug-likeness (QED) is 0.699. The van der Waals surface area contributed by atoms with Crippen LogP contribution in [-0.2, 0) is 9.53 Å². The molecule has 0 saturated carbocycles. The van der Waals surface area contributed by atoms with Gasteiger partial charge < -0.3 is 10.1 Å². The predicted octanol–water partition coefficient (Wildman–Crippen LogP) is 1.33. The summed E-state index contributed by atoms with van der Waals surface area (Å²) in [5, 5.41) is 2.75. The molecule has 0 aliphatic heterocycles. The van der Waals surface area contributed by atoms with Crippen molar-refractivity contribution in [3.05, 3.63) is 0 Å². The smallest absolute Gasteiger partial charge is 0.246 e. The second kappa shape index (κ2) is 4.45. The van der Waals surface area contributed by atoms with E-state index in [4.69, 9.17) is 4.74 Å². The summed E-state index contributed by atoms with van der Waals surface area (Å²) in [5.41, 5.74) is -0.242. The first-order chi connectivity index (χ1) is 5.31. The van der Waals surface area contributed by atoms with Gasteiger partial charge in [0.1, 0.15) is 6.61 Å². The van der Waals surface area contributed by atoms with Crippen molar-refractivity contribution in [3.63, 3.8) is 0 Å². The summed E-state index contributed by atoms with van der Waals surface area (Å²) in [4.78, 5) is 11.1. The molecule has 0 heterocycles. The minimum Gasteiger partial charge on any atom is -0.366 e. The molecule has 0 aromatic rings. The highest BCUT2D eigenvalue weighted by Gasteiger charge is 2.12. The van der Waals surface area contributed by atoms with Crippen molar-refractivity contribution < 1.29 is 9.53 Å². The third-order valence-corrected chi connectivity index (χ3v) is 1.09. The molecule has 0 bridgehead atoms. The lowest BCUT2D eigenvalue weighted by atomic mass is 10.2. The van der Waals surface area contributed by atoms with Crippen LogP contribution in [0, 0.1) is 0 Å². The van der Waals surface area contributed by atoms with Crippen LogP contribution in [0.4, 0.5) is 0 Å². The molecule has 0 aliphatic carbocycles. The predicted molar refractivity (Wildman–Crippen MR) is 49.0 cm³/mol. The Morgan fingerprint density at radius 1 is 1.42 bits per heavy atom. The summed E-state index contributed by atoms with van der Waals surface area (Å²) < 4.78 is 5.28. The lowest BCUT2D eigenvalue weighted by Crippen LogP contribution is -2.35. The maximum Gasteiger partial charge on any atom is 0.246 e. The van der Waals surface area contributed by atoms with Crippen LogP contribution in [0.15, 0.2) is 0 Å². The first-order valence-electron chi connectivity index (χ1n) is 4.24. The summed E-state index contributed by atoms with van der Waals surface area (Å²) in [6, 6.07) is 0.182. The van der Waals surface area contributed by atoms with Crippen LogP contribution in [0.25, 0.3) is 0 Å². The summed E-state index contributed by atoms with van der Waals surface area (Å²) in [7, 11) is 0. The number of carbonyl (C=O) groups is 1. The van der Waals surface area contributed by atoms with Crippen molar-refractivity contribution in [3.8, 4) is 0 Å². The van der Waals surface area contributed by atoms with Crippen molar-refractivity contribution in [2.24, 2.45) is 0 Å². The largest absolute Gasteiger partial charge is 0.366 e.